The molecule has 2 aromatic rings. The highest BCUT2D eigenvalue weighted by molar-refractivity contribution is 6.15. The van der Waals surface area contributed by atoms with Crippen molar-refractivity contribution in [2.75, 3.05) is 45.8 Å². The Balaban J connectivity index is 1.54. The first-order valence-corrected chi connectivity index (χ1v) is 11.0. The van der Waals surface area contributed by atoms with Crippen LogP contribution >= 0.6 is 0 Å². The van der Waals surface area contributed by atoms with Gasteiger partial charge >= 0.3 is 0 Å². The van der Waals surface area contributed by atoms with Gasteiger partial charge in [0, 0.05) is 63.4 Å². The third-order valence-corrected chi connectivity index (χ3v) is 5.79. The van der Waals surface area contributed by atoms with E-state index in [2.05, 4.69) is 10.2 Å². The highest BCUT2D eigenvalue weighted by Gasteiger charge is 2.29. The van der Waals surface area contributed by atoms with Gasteiger partial charge in [-0.3, -0.25) is 9.59 Å². The Kier molecular flexibility index (Phi) is 7.07. The van der Waals surface area contributed by atoms with E-state index in [-0.39, 0.29) is 11.7 Å². The van der Waals surface area contributed by atoms with Gasteiger partial charge in [-0.2, -0.15) is 0 Å². The monoisotopic (exact) mass is 415 g/mol. The summed E-state index contributed by atoms with van der Waals surface area (Å²) >= 11 is 0. The molecule has 2 heterocycles. The normalized spacial score (nSPS) is 20.4. The Morgan fingerprint density at radius 3 is 1.87 bits per heavy atom. The molecule has 0 spiro atoms. The summed E-state index contributed by atoms with van der Waals surface area (Å²) in [5, 5.41) is 3.34. The van der Waals surface area contributed by atoms with Gasteiger partial charge in [0.25, 0.3) is 0 Å². The van der Waals surface area contributed by atoms with Gasteiger partial charge in [0.2, 0.25) is 5.91 Å². The second-order valence-electron chi connectivity index (χ2n) is 8.08. The molecule has 5 heteroatoms. The van der Waals surface area contributed by atoms with E-state index in [0.717, 1.165) is 43.9 Å². The van der Waals surface area contributed by atoms with E-state index >= 15 is 0 Å². The summed E-state index contributed by atoms with van der Waals surface area (Å²) in [5.41, 5.74) is 3.27. The fraction of sp³-hybridized carbons (Fsp3) is 0.308. The Morgan fingerprint density at radius 2 is 1.35 bits per heavy atom. The average molecular weight is 416 g/mol. The maximum Gasteiger partial charge on any atom is 0.224 e. The fourth-order valence-corrected chi connectivity index (χ4v) is 4.06. The molecule has 1 amide bonds. The van der Waals surface area contributed by atoms with Crippen molar-refractivity contribution in [1.29, 1.82) is 0 Å². The molecule has 0 aliphatic carbocycles. The van der Waals surface area contributed by atoms with Gasteiger partial charge in [0.15, 0.2) is 5.78 Å². The van der Waals surface area contributed by atoms with Crippen LogP contribution in [0.25, 0.3) is 12.2 Å². The Morgan fingerprint density at radius 1 is 0.839 bits per heavy atom. The van der Waals surface area contributed by atoms with Gasteiger partial charge in [-0.15, -0.1) is 0 Å². The molecule has 2 saturated heterocycles. The number of hydrogen-bond donors (Lipinski definition) is 1. The van der Waals surface area contributed by atoms with Crippen LogP contribution in [-0.4, -0.2) is 67.3 Å². The lowest BCUT2D eigenvalue weighted by molar-refractivity contribution is -0.131. The minimum atomic E-state index is 0.0267. The van der Waals surface area contributed by atoms with Gasteiger partial charge in [-0.05, 0) is 23.3 Å². The molecule has 5 nitrogen and oxygen atoms in total. The zero-order valence-electron chi connectivity index (χ0n) is 17.8. The molecule has 1 N–H and O–H groups in total. The number of hydrogen-bond acceptors (Lipinski definition) is 4. The molecular formula is C26H29N3O2. The van der Waals surface area contributed by atoms with E-state index in [4.69, 9.17) is 0 Å². The van der Waals surface area contributed by atoms with Crippen LogP contribution in [0.1, 0.15) is 17.5 Å². The fourth-order valence-electron chi connectivity index (χ4n) is 4.06. The number of likely N-dealkylation sites (tertiary alicyclic amines) is 1. The van der Waals surface area contributed by atoms with Crippen LogP contribution in [0.4, 0.5) is 0 Å². The summed E-state index contributed by atoms with van der Waals surface area (Å²) in [7, 11) is 0. The van der Waals surface area contributed by atoms with E-state index in [0.29, 0.717) is 30.7 Å². The molecule has 0 saturated carbocycles. The zero-order valence-corrected chi connectivity index (χ0v) is 17.8. The van der Waals surface area contributed by atoms with Gasteiger partial charge < -0.3 is 15.1 Å². The maximum absolute atomic E-state index is 13.2. The number of ketones is 1. The number of nitrogens with zero attached hydrogens (tertiary/aromatic N) is 2. The van der Waals surface area contributed by atoms with E-state index in [9.17, 15) is 9.59 Å². The van der Waals surface area contributed by atoms with Gasteiger partial charge in [-0.25, -0.2) is 0 Å². The molecule has 2 aromatic carbocycles. The molecule has 160 valence electrons. The Bertz CT molecular complexity index is 899. The van der Waals surface area contributed by atoms with Crippen molar-refractivity contribution >= 4 is 23.8 Å². The maximum atomic E-state index is 13.2. The smallest absolute Gasteiger partial charge is 0.224 e. The Labute approximate surface area is 184 Å². The lowest BCUT2D eigenvalue weighted by Gasteiger charge is -2.32. The quantitative estimate of drug-likeness (QED) is 0.763. The van der Waals surface area contributed by atoms with Crippen LogP contribution in [0.5, 0.6) is 0 Å². The van der Waals surface area contributed by atoms with Crippen LogP contribution in [0, 0.1) is 0 Å². The topological polar surface area (TPSA) is 52.7 Å². The first kappa shape index (κ1) is 21.2. The molecule has 0 aromatic heterocycles. The van der Waals surface area contributed by atoms with Crippen molar-refractivity contribution in [1.82, 2.24) is 15.1 Å². The molecule has 4 rings (SSSR count). The largest absolute Gasteiger partial charge is 0.334 e. The van der Waals surface area contributed by atoms with Crippen LogP contribution in [0.2, 0.25) is 0 Å². The van der Waals surface area contributed by atoms with Gasteiger partial charge in [-0.1, -0.05) is 60.7 Å². The van der Waals surface area contributed by atoms with Crippen molar-refractivity contribution in [2.45, 2.75) is 6.42 Å². The van der Waals surface area contributed by atoms with Crippen molar-refractivity contribution in [2.24, 2.45) is 0 Å². The van der Waals surface area contributed by atoms with Crippen molar-refractivity contribution in [3.05, 3.63) is 82.9 Å². The number of nitrogens with one attached hydrogen (secondary N) is 1. The predicted octanol–water partition coefficient (Wildman–Crippen LogP) is 2.86. The number of rotatable bonds is 5. The second-order valence-corrected chi connectivity index (χ2v) is 8.08. The third-order valence-electron chi connectivity index (χ3n) is 5.79. The van der Waals surface area contributed by atoms with Crippen LogP contribution < -0.4 is 5.32 Å². The summed E-state index contributed by atoms with van der Waals surface area (Å²) in [6.07, 6.45) is 4.30. The number of benzene rings is 2. The number of carbonyl (C=O) groups excluding carboxylic acids is 2. The number of carbonyl (C=O) groups is 2. The molecule has 0 bridgehead atoms. The molecule has 2 aliphatic heterocycles. The highest BCUT2D eigenvalue weighted by Crippen LogP contribution is 2.23. The van der Waals surface area contributed by atoms with Gasteiger partial charge in [0.1, 0.15) is 0 Å². The predicted molar refractivity (Wildman–Crippen MR) is 124 cm³/mol. The minimum Gasteiger partial charge on any atom is -0.334 e. The number of amides is 1. The summed E-state index contributed by atoms with van der Waals surface area (Å²) in [6.45, 7) is 5.38. The molecule has 0 radical (unpaired) electrons. The first-order valence-electron chi connectivity index (χ1n) is 11.0. The minimum absolute atomic E-state index is 0.0267. The summed E-state index contributed by atoms with van der Waals surface area (Å²) in [4.78, 5) is 30.4. The van der Waals surface area contributed by atoms with E-state index in [1.54, 1.807) is 0 Å². The van der Waals surface area contributed by atoms with Crippen molar-refractivity contribution in [3.63, 3.8) is 0 Å². The lowest BCUT2D eigenvalue weighted by atomic mass is 9.94. The van der Waals surface area contributed by atoms with E-state index in [1.807, 2.05) is 77.7 Å². The zero-order chi connectivity index (χ0) is 21.5. The highest BCUT2D eigenvalue weighted by atomic mass is 16.2. The van der Waals surface area contributed by atoms with E-state index in [1.165, 1.54) is 0 Å². The van der Waals surface area contributed by atoms with Crippen molar-refractivity contribution < 1.29 is 9.59 Å². The Hall–Kier alpha value is -3.02. The molecule has 0 atom stereocenters. The number of piperazine rings is 1. The second kappa shape index (κ2) is 10.3. The molecule has 31 heavy (non-hydrogen) atoms. The van der Waals surface area contributed by atoms with E-state index < -0.39 is 0 Å². The van der Waals surface area contributed by atoms with Crippen LogP contribution in [0.3, 0.4) is 0 Å². The van der Waals surface area contributed by atoms with Crippen LogP contribution in [-0.2, 0) is 9.59 Å². The SMILES string of the molecule is O=C1/C(=C/c2ccccc2)CN(C(=O)CCN2CCNCC2)C/C1=C\c1ccccc1. The van der Waals surface area contributed by atoms with Crippen LogP contribution in [0.15, 0.2) is 71.8 Å². The summed E-state index contributed by atoms with van der Waals surface area (Å²) < 4.78 is 0. The molecular weight excluding hydrogens is 386 g/mol. The standard InChI is InChI=1S/C26H29N3O2/c30-25(11-14-28-15-12-27-13-16-28)29-19-23(17-21-7-3-1-4-8-21)26(31)24(20-29)18-22-9-5-2-6-10-22/h1-10,17-18,27H,11-16,19-20H2/b23-17+,24-18+. The van der Waals surface area contributed by atoms with Crippen molar-refractivity contribution in [3.8, 4) is 0 Å². The number of piperidine rings is 1. The molecule has 2 fully saturated rings. The lowest BCUT2D eigenvalue weighted by Crippen LogP contribution is -2.46. The third kappa shape index (κ3) is 5.78. The molecule has 0 unspecified atom stereocenters. The molecule has 2 aliphatic rings. The first-order chi connectivity index (χ1) is 15.2. The average Bonchev–Trinajstić information content (AvgIpc) is 2.82. The summed E-state index contributed by atoms with van der Waals surface area (Å²) in [5.74, 6) is 0.128. The number of Topliss-reactive ketones (excluding diaryl/α,β-unsaturated/α-hetero) is 1. The van der Waals surface area contributed by atoms with Gasteiger partial charge in [0.05, 0.1) is 0 Å². The summed E-state index contributed by atoms with van der Waals surface area (Å²) in [6, 6.07) is 19.6.